The van der Waals surface area contributed by atoms with E-state index in [1.54, 1.807) is 0 Å². The van der Waals surface area contributed by atoms with Gasteiger partial charge in [0.15, 0.2) is 0 Å². The fourth-order valence-electron chi connectivity index (χ4n) is 1.59. The standard InChI is InChI=1S/C6H7I2N3O2/c7-10-1-2-11(8)4-3(10)5(12)9-6(4)13/h3-4H,1-2H2,(H,9,12,13). The summed E-state index contributed by atoms with van der Waals surface area (Å²) < 4.78 is 3.80. The Morgan fingerprint density at radius 2 is 1.46 bits per heavy atom. The van der Waals surface area contributed by atoms with Gasteiger partial charge in [-0.3, -0.25) is 14.9 Å². The van der Waals surface area contributed by atoms with E-state index in [4.69, 9.17) is 0 Å². The van der Waals surface area contributed by atoms with Gasteiger partial charge in [0.25, 0.3) is 0 Å². The first-order valence-corrected chi connectivity index (χ1v) is 5.74. The molecule has 0 bridgehead atoms. The zero-order valence-corrected chi connectivity index (χ0v) is 10.9. The molecule has 1 N–H and O–H groups in total. The SMILES string of the molecule is O=C1NC(=O)C2C1N(I)CCN2I. The predicted molar refractivity (Wildman–Crippen MR) is 62.2 cm³/mol. The second-order valence-electron chi connectivity index (χ2n) is 2.99. The van der Waals surface area contributed by atoms with Gasteiger partial charge in [-0.2, -0.15) is 0 Å². The summed E-state index contributed by atoms with van der Waals surface area (Å²) in [4.78, 5) is 22.7. The molecule has 5 nitrogen and oxygen atoms in total. The number of imide groups is 1. The van der Waals surface area contributed by atoms with Gasteiger partial charge in [0.1, 0.15) is 12.1 Å². The van der Waals surface area contributed by atoms with E-state index in [1.165, 1.54) is 0 Å². The summed E-state index contributed by atoms with van der Waals surface area (Å²) >= 11 is 4.20. The lowest BCUT2D eigenvalue weighted by molar-refractivity contribution is -0.125. The predicted octanol–water partition coefficient (Wildman–Crippen LogP) is -0.302. The van der Waals surface area contributed by atoms with Gasteiger partial charge < -0.3 is 0 Å². The quantitative estimate of drug-likeness (QED) is 0.341. The molecule has 2 amide bonds. The van der Waals surface area contributed by atoms with Crippen molar-refractivity contribution in [1.29, 1.82) is 0 Å². The Kier molecular flexibility index (Phi) is 2.77. The Hall–Kier alpha value is 0.520. The van der Waals surface area contributed by atoms with Gasteiger partial charge in [-0.1, -0.05) is 0 Å². The van der Waals surface area contributed by atoms with Crippen LogP contribution in [-0.2, 0) is 9.59 Å². The van der Waals surface area contributed by atoms with Crippen LogP contribution >= 0.6 is 45.7 Å². The van der Waals surface area contributed by atoms with Gasteiger partial charge in [0, 0.05) is 58.8 Å². The van der Waals surface area contributed by atoms with Crippen LogP contribution in [0.4, 0.5) is 0 Å². The van der Waals surface area contributed by atoms with Crippen LogP contribution in [-0.4, -0.2) is 43.2 Å². The highest BCUT2D eigenvalue weighted by atomic mass is 127. The Bertz CT molecular complexity index is 247. The molecular weight excluding hydrogens is 400 g/mol. The second-order valence-corrected chi connectivity index (χ2v) is 5.47. The van der Waals surface area contributed by atoms with E-state index in [0.29, 0.717) is 0 Å². The van der Waals surface area contributed by atoms with Crippen molar-refractivity contribution in [2.75, 3.05) is 13.1 Å². The number of fused-ring (bicyclic) bond motifs is 1. The molecule has 13 heavy (non-hydrogen) atoms. The van der Waals surface area contributed by atoms with Crippen LogP contribution < -0.4 is 5.32 Å². The normalized spacial score (nSPS) is 36.2. The molecular formula is C6H7I2N3O2. The molecule has 2 saturated heterocycles. The fraction of sp³-hybridized carbons (Fsp3) is 0.667. The van der Waals surface area contributed by atoms with Crippen molar-refractivity contribution >= 4 is 57.5 Å². The molecule has 2 heterocycles. The number of hydrogen-bond donors (Lipinski definition) is 1. The first kappa shape index (κ1) is 10.1. The number of hydrogen-bond acceptors (Lipinski definition) is 4. The molecule has 2 rings (SSSR count). The molecule has 72 valence electrons. The maximum absolute atomic E-state index is 11.4. The highest BCUT2D eigenvalue weighted by molar-refractivity contribution is 14.1. The van der Waals surface area contributed by atoms with Crippen molar-refractivity contribution in [1.82, 2.24) is 11.5 Å². The van der Waals surface area contributed by atoms with E-state index < -0.39 is 0 Å². The van der Waals surface area contributed by atoms with E-state index in [1.807, 2.05) is 6.23 Å². The van der Waals surface area contributed by atoms with Crippen LogP contribution in [0.1, 0.15) is 0 Å². The lowest BCUT2D eigenvalue weighted by Gasteiger charge is -2.34. The summed E-state index contributed by atoms with van der Waals surface area (Å²) in [6.45, 7) is 1.62. The monoisotopic (exact) mass is 407 g/mol. The fourth-order valence-corrected chi connectivity index (χ4v) is 3.13. The highest BCUT2D eigenvalue weighted by Gasteiger charge is 2.49. The summed E-state index contributed by atoms with van der Waals surface area (Å²) in [6, 6.07) is -0.613. The average Bonchev–Trinajstić information content (AvgIpc) is 2.36. The Morgan fingerprint density at radius 1 is 1.08 bits per heavy atom. The Balaban J connectivity index is 2.29. The Morgan fingerprint density at radius 3 is 1.85 bits per heavy atom. The zero-order valence-electron chi connectivity index (χ0n) is 6.54. The van der Waals surface area contributed by atoms with Crippen LogP contribution in [0.3, 0.4) is 0 Å². The molecule has 2 fully saturated rings. The number of carbonyl (C=O) groups excluding carboxylic acids is 2. The molecule has 2 atom stereocenters. The second kappa shape index (κ2) is 3.59. The van der Waals surface area contributed by atoms with Crippen LogP contribution in [0.15, 0.2) is 0 Å². The topological polar surface area (TPSA) is 52.7 Å². The summed E-state index contributed by atoms with van der Waals surface area (Å²) in [6.07, 6.45) is 0. The number of amides is 2. The third-order valence-corrected chi connectivity index (χ3v) is 4.38. The third-order valence-electron chi connectivity index (χ3n) is 2.21. The van der Waals surface area contributed by atoms with Crippen LogP contribution in [0.2, 0.25) is 0 Å². The lowest BCUT2D eigenvalue weighted by atomic mass is 10.1. The highest BCUT2D eigenvalue weighted by Crippen LogP contribution is 2.27. The number of rotatable bonds is 0. The minimum absolute atomic E-state index is 0.175. The summed E-state index contributed by atoms with van der Waals surface area (Å²) in [5, 5.41) is 2.35. The molecule has 0 spiro atoms. The minimum atomic E-state index is -0.307. The molecule has 0 saturated carbocycles. The number of halogens is 2. The number of piperazine rings is 1. The molecule has 0 aromatic heterocycles. The molecule has 7 heteroatoms. The largest absolute Gasteiger partial charge is 0.294 e. The molecule has 0 radical (unpaired) electrons. The summed E-state index contributed by atoms with van der Waals surface area (Å²) in [5.41, 5.74) is 0. The van der Waals surface area contributed by atoms with Gasteiger partial charge in [0.2, 0.25) is 11.8 Å². The van der Waals surface area contributed by atoms with Crippen molar-refractivity contribution in [3.05, 3.63) is 0 Å². The van der Waals surface area contributed by atoms with Crippen molar-refractivity contribution in [3.63, 3.8) is 0 Å². The maximum atomic E-state index is 11.4. The lowest BCUT2D eigenvalue weighted by Crippen LogP contribution is -2.54. The van der Waals surface area contributed by atoms with E-state index >= 15 is 0 Å². The van der Waals surface area contributed by atoms with E-state index in [0.717, 1.165) is 13.1 Å². The third kappa shape index (κ3) is 1.59. The van der Waals surface area contributed by atoms with E-state index in [2.05, 4.69) is 51.0 Å². The van der Waals surface area contributed by atoms with Crippen molar-refractivity contribution in [2.24, 2.45) is 0 Å². The van der Waals surface area contributed by atoms with Crippen LogP contribution in [0.25, 0.3) is 0 Å². The first-order chi connectivity index (χ1) is 6.11. The van der Waals surface area contributed by atoms with Crippen molar-refractivity contribution in [2.45, 2.75) is 12.1 Å². The van der Waals surface area contributed by atoms with Gasteiger partial charge in [-0.15, -0.1) is 0 Å². The molecule has 0 aromatic rings. The summed E-state index contributed by atoms with van der Waals surface area (Å²) in [7, 11) is 0. The molecule has 2 unspecified atom stereocenters. The minimum Gasteiger partial charge on any atom is -0.294 e. The number of carbonyl (C=O) groups is 2. The van der Waals surface area contributed by atoms with E-state index in [9.17, 15) is 9.59 Å². The van der Waals surface area contributed by atoms with Gasteiger partial charge >= 0.3 is 0 Å². The van der Waals surface area contributed by atoms with Crippen molar-refractivity contribution in [3.8, 4) is 0 Å². The Labute approximate surface area is 103 Å². The molecule has 2 aliphatic heterocycles. The number of nitrogens with zero attached hydrogens (tertiary/aromatic N) is 2. The van der Waals surface area contributed by atoms with Gasteiger partial charge in [0.05, 0.1) is 0 Å². The van der Waals surface area contributed by atoms with E-state index in [-0.39, 0.29) is 23.9 Å². The van der Waals surface area contributed by atoms with Gasteiger partial charge in [-0.05, 0) is 0 Å². The molecule has 2 aliphatic rings. The zero-order chi connectivity index (χ0) is 9.59. The maximum Gasteiger partial charge on any atom is 0.246 e. The van der Waals surface area contributed by atoms with Crippen molar-refractivity contribution < 1.29 is 9.59 Å². The molecule has 0 aliphatic carbocycles. The van der Waals surface area contributed by atoms with Gasteiger partial charge in [-0.25, -0.2) is 6.23 Å². The summed E-state index contributed by atoms with van der Waals surface area (Å²) in [5.74, 6) is -0.350. The first-order valence-electron chi connectivity index (χ1n) is 3.81. The smallest absolute Gasteiger partial charge is 0.246 e. The number of nitrogens with one attached hydrogen (secondary N) is 1. The average molecular weight is 407 g/mol. The van der Waals surface area contributed by atoms with Crippen LogP contribution in [0, 0.1) is 0 Å². The van der Waals surface area contributed by atoms with Crippen LogP contribution in [0.5, 0.6) is 0 Å². The molecule has 0 aromatic carbocycles.